The van der Waals surface area contributed by atoms with Crippen molar-refractivity contribution in [2.45, 2.75) is 13.8 Å². The molecule has 0 aliphatic heterocycles. The van der Waals surface area contributed by atoms with Crippen molar-refractivity contribution in [2.24, 2.45) is 5.92 Å². The molecule has 1 aromatic heterocycles. The standard InChI is InChI=1S/C11H14N4O2/c1-3-17-11(16)8(2)7-13-10-5-4-9(6-12)14-15-10/h4-5,8H,3,7H2,1-2H3,(H,13,15). The van der Waals surface area contributed by atoms with Crippen LogP contribution in [0.3, 0.4) is 0 Å². The number of rotatable bonds is 5. The lowest BCUT2D eigenvalue weighted by atomic mass is 10.2. The highest BCUT2D eigenvalue weighted by Crippen LogP contribution is 2.04. The van der Waals surface area contributed by atoms with E-state index in [1.807, 2.05) is 6.07 Å². The summed E-state index contributed by atoms with van der Waals surface area (Å²) in [4.78, 5) is 11.3. The average Bonchev–Trinajstić information content (AvgIpc) is 2.36. The number of ether oxygens (including phenoxy) is 1. The number of hydrogen-bond acceptors (Lipinski definition) is 6. The van der Waals surface area contributed by atoms with Gasteiger partial charge in [-0.15, -0.1) is 10.2 Å². The van der Waals surface area contributed by atoms with Gasteiger partial charge in [-0.05, 0) is 19.1 Å². The molecular formula is C11H14N4O2. The van der Waals surface area contributed by atoms with Crippen LogP contribution in [0.15, 0.2) is 12.1 Å². The van der Waals surface area contributed by atoms with Crippen LogP contribution < -0.4 is 5.32 Å². The van der Waals surface area contributed by atoms with Crippen molar-refractivity contribution in [3.63, 3.8) is 0 Å². The van der Waals surface area contributed by atoms with Gasteiger partial charge >= 0.3 is 5.97 Å². The highest BCUT2D eigenvalue weighted by atomic mass is 16.5. The summed E-state index contributed by atoms with van der Waals surface area (Å²) in [7, 11) is 0. The van der Waals surface area contributed by atoms with E-state index in [4.69, 9.17) is 10.00 Å². The van der Waals surface area contributed by atoms with Gasteiger partial charge in [0, 0.05) is 6.54 Å². The summed E-state index contributed by atoms with van der Waals surface area (Å²) < 4.78 is 4.87. The maximum Gasteiger partial charge on any atom is 0.310 e. The van der Waals surface area contributed by atoms with E-state index in [0.717, 1.165) is 0 Å². The van der Waals surface area contributed by atoms with Crippen LogP contribution in [-0.2, 0) is 9.53 Å². The van der Waals surface area contributed by atoms with Gasteiger partial charge < -0.3 is 10.1 Å². The molecule has 17 heavy (non-hydrogen) atoms. The van der Waals surface area contributed by atoms with Crippen LogP contribution >= 0.6 is 0 Å². The first-order valence-electron chi connectivity index (χ1n) is 5.31. The van der Waals surface area contributed by atoms with Crippen LogP contribution in [0.1, 0.15) is 19.5 Å². The van der Waals surface area contributed by atoms with Gasteiger partial charge in [0.1, 0.15) is 11.9 Å². The van der Waals surface area contributed by atoms with Crippen LogP contribution in [0.2, 0.25) is 0 Å². The summed E-state index contributed by atoms with van der Waals surface area (Å²) in [5, 5.41) is 19.0. The van der Waals surface area contributed by atoms with E-state index in [0.29, 0.717) is 19.0 Å². The third kappa shape index (κ3) is 4.07. The minimum Gasteiger partial charge on any atom is -0.466 e. The summed E-state index contributed by atoms with van der Waals surface area (Å²) in [6.07, 6.45) is 0. The maximum atomic E-state index is 11.3. The first-order chi connectivity index (χ1) is 8.17. The number of anilines is 1. The number of hydrogen-bond donors (Lipinski definition) is 1. The first kappa shape index (κ1) is 12.9. The van der Waals surface area contributed by atoms with Gasteiger partial charge in [-0.3, -0.25) is 4.79 Å². The minimum absolute atomic E-state index is 0.249. The summed E-state index contributed by atoms with van der Waals surface area (Å²) in [6, 6.07) is 5.08. The van der Waals surface area contributed by atoms with E-state index in [-0.39, 0.29) is 17.6 Å². The van der Waals surface area contributed by atoms with Gasteiger partial charge in [-0.25, -0.2) is 0 Å². The molecule has 0 aliphatic rings. The molecule has 1 N–H and O–H groups in total. The Morgan fingerprint density at radius 3 is 2.88 bits per heavy atom. The first-order valence-corrected chi connectivity index (χ1v) is 5.31. The zero-order valence-electron chi connectivity index (χ0n) is 9.80. The van der Waals surface area contributed by atoms with Crippen LogP contribution in [0, 0.1) is 17.2 Å². The Bertz CT molecular complexity index is 410. The fraction of sp³-hybridized carbons (Fsp3) is 0.455. The van der Waals surface area contributed by atoms with Crippen LogP contribution in [0.4, 0.5) is 5.82 Å². The number of nitrogens with one attached hydrogen (secondary N) is 1. The number of nitriles is 1. The van der Waals surface area contributed by atoms with Crippen molar-refractivity contribution in [1.29, 1.82) is 5.26 Å². The van der Waals surface area contributed by atoms with Gasteiger partial charge in [0.25, 0.3) is 0 Å². The van der Waals surface area contributed by atoms with E-state index < -0.39 is 0 Å². The molecular weight excluding hydrogens is 220 g/mol. The molecule has 0 aliphatic carbocycles. The second-order valence-corrected chi connectivity index (χ2v) is 3.45. The lowest BCUT2D eigenvalue weighted by molar-refractivity contribution is -0.146. The lowest BCUT2D eigenvalue weighted by Crippen LogP contribution is -2.22. The SMILES string of the molecule is CCOC(=O)C(C)CNc1ccc(C#N)nn1. The van der Waals surface area contributed by atoms with Gasteiger partial charge in [-0.1, -0.05) is 6.92 Å². The van der Waals surface area contributed by atoms with Gasteiger partial charge in [-0.2, -0.15) is 5.26 Å². The second kappa shape index (κ2) is 6.43. The zero-order valence-corrected chi connectivity index (χ0v) is 9.80. The predicted molar refractivity (Wildman–Crippen MR) is 61.0 cm³/mol. The van der Waals surface area contributed by atoms with Gasteiger partial charge in [0.2, 0.25) is 0 Å². The molecule has 1 atom stereocenters. The smallest absolute Gasteiger partial charge is 0.310 e. The second-order valence-electron chi connectivity index (χ2n) is 3.45. The topological polar surface area (TPSA) is 87.9 Å². The number of aromatic nitrogens is 2. The Morgan fingerprint density at radius 1 is 1.59 bits per heavy atom. The van der Waals surface area contributed by atoms with Crippen molar-refractivity contribution in [2.75, 3.05) is 18.5 Å². The molecule has 1 aromatic rings. The molecule has 0 saturated heterocycles. The van der Waals surface area contributed by atoms with Crippen molar-refractivity contribution in [3.05, 3.63) is 17.8 Å². The Labute approximate surface area is 99.6 Å². The van der Waals surface area contributed by atoms with E-state index >= 15 is 0 Å². The van der Waals surface area contributed by atoms with Crippen molar-refractivity contribution in [1.82, 2.24) is 10.2 Å². The molecule has 1 heterocycles. The molecule has 0 saturated carbocycles. The maximum absolute atomic E-state index is 11.3. The lowest BCUT2D eigenvalue weighted by Gasteiger charge is -2.11. The van der Waals surface area contributed by atoms with E-state index in [2.05, 4.69) is 15.5 Å². The van der Waals surface area contributed by atoms with Crippen molar-refractivity contribution in [3.8, 4) is 6.07 Å². The van der Waals surface area contributed by atoms with Gasteiger partial charge in [0.05, 0.1) is 12.5 Å². The summed E-state index contributed by atoms with van der Waals surface area (Å²) in [5.74, 6) is 0.0224. The highest BCUT2D eigenvalue weighted by molar-refractivity contribution is 5.72. The fourth-order valence-electron chi connectivity index (χ4n) is 1.11. The molecule has 0 fully saturated rings. The third-order valence-electron chi connectivity index (χ3n) is 2.06. The Kier molecular flexibility index (Phi) is 4.88. The predicted octanol–water partition coefficient (Wildman–Crippen LogP) is 0.959. The Hall–Kier alpha value is -2.16. The highest BCUT2D eigenvalue weighted by Gasteiger charge is 2.13. The van der Waals surface area contributed by atoms with Crippen LogP contribution in [0.25, 0.3) is 0 Å². The van der Waals surface area contributed by atoms with Crippen LogP contribution in [-0.4, -0.2) is 29.3 Å². The molecule has 1 rings (SSSR count). The third-order valence-corrected chi connectivity index (χ3v) is 2.06. The van der Waals surface area contributed by atoms with E-state index in [1.165, 1.54) is 0 Å². The molecule has 90 valence electrons. The van der Waals surface area contributed by atoms with Gasteiger partial charge in [0.15, 0.2) is 5.69 Å². The monoisotopic (exact) mass is 234 g/mol. The molecule has 0 bridgehead atoms. The average molecular weight is 234 g/mol. The molecule has 6 nitrogen and oxygen atoms in total. The normalized spacial score (nSPS) is 11.4. The Morgan fingerprint density at radius 2 is 2.35 bits per heavy atom. The summed E-state index contributed by atoms with van der Waals surface area (Å²) >= 11 is 0. The number of esters is 1. The van der Waals surface area contributed by atoms with Crippen molar-refractivity contribution < 1.29 is 9.53 Å². The summed E-state index contributed by atoms with van der Waals surface area (Å²) in [5.41, 5.74) is 0.258. The largest absolute Gasteiger partial charge is 0.466 e. The molecule has 0 amide bonds. The quantitative estimate of drug-likeness (QED) is 0.763. The van der Waals surface area contributed by atoms with E-state index in [1.54, 1.807) is 26.0 Å². The minimum atomic E-state index is -0.257. The number of carbonyl (C=O) groups excluding carboxylic acids is 1. The molecule has 6 heteroatoms. The Balaban J connectivity index is 2.44. The van der Waals surface area contributed by atoms with Crippen molar-refractivity contribution >= 4 is 11.8 Å². The molecule has 0 radical (unpaired) electrons. The molecule has 0 spiro atoms. The van der Waals surface area contributed by atoms with E-state index in [9.17, 15) is 4.79 Å². The number of nitrogens with zero attached hydrogens (tertiary/aromatic N) is 3. The number of carbonyl (C=O) groups is 1. The molecule has 0 aromatic carbocycles. The summed E-state index contributed by atoms with van der Waals surface area (Å²) in [6.45, 7) is 4.32. The van der Waals surface area contributed by atoms with Crippen LogP contribution in [0.5, 0.6) is 0 Å². The fourth-order valence-corrected chi connectivity index (χ4v) is 1.11. The zero-order chi connectivity index (χ0) is 12.7. The molecule has 1 unspecified atom stereocenters.